The van der Waals surface area contributed by atoms with E-state index in [0.29, 0.717) is 37.7 Å². The molecule has 0 aromatic heterocycles. The molecule has 2 aliphatic heterocycles. The van der Waals surface area contributed by atoms with Gasteiger partial charge in [-0.15, -0.1) is 0 Å². The quantitative estimate of drug-likeness (QED) is 0.452. The maximum absolute atomic E-state index is 12.3. The zero-order valence-electron chi connectivity index (χ0n) is 20.7. The molecule has 2 heterocycles. The molecule has 2 aliphatic rings. The second-order valence-corrected chi connectivity index (χ2v) is 9.24. The smallest absolute Gasteiger partial charge is 0.255 e. The third-order valence-corrected chi connectivity index (χ3v) is 6.53. The van der Waals surface area contributed by atoms with Crippen LogP contribution in [-0.2, 0) is 16.1 Å². The molecule has 0 aliphatic carbocycles. The molecule has 1 fully saturated rings. The van der Waals surface area contributed by atoms with Crippen molar-refractivity contribution in [2.24, 2.45) is 16.5 Å². The third-order valence-electron chi connectivity index (χ3n) is 6.53. The summed E-state index contributed by atoms with van der Waals surface area (Å²) in [6.07, 6.45) is 7.10. The van der Waals surface area contributed by atoms with Crippen LogP contribution in [0.15, 0.2) is 23.2 Å². The van der Waals surface area contributed by atoms with Crippen LogP contribution < -0.4 is 16.2 Å². The van der Waals surface area contributed by atoms with Crippen molar-refractivity contribution < 1.29 is 14.3 Å². The number of amides is 2. The van der Waals surface area contributed by atoms with Gasteiger partial charge in [-0.1, -0.05) is 26.2 Å². The van der Waals surface area contributed by atoms with Crippen LogP contribution in [0.25, 0.3) is 0 Å². The molecule has 188 valence electrons. The van der Waals surface area contributed by atoms with E-state index in [0.717, 1.165) is 69.4 Å². The van der Waals surface area contributed by atoms with Gasteiger partial charge in [-0.3, -0.25) is 14.5 Å². The van der Waals surface area contributed by atoms with Crippen molar-refractivity contribution in [1.29, 1.82) is 0 Å². The fourth-order valence-electron chi connectivity index (χ4n) is 4.57. The van der Waals surface area contributed by atoms with Crippen LogP contribution in [0.1, 0.15) is 63.9 Å². The number of nitrogens with zero attached hydrogens (tertiary/aromatic N) is 4. The Hall–Kier alpha value is -2.81. The Labute approximate surface area is 203 Å². The Bertz CT molecular complexity index is 868. The molecule has 4 N–H and O–H groups in total. The lowest BCUT2D eigenvalue weighted by Gasteiger charge is -2.41. The van der Waals surface area contributed by atoms with E-state index < -0.39 is 12.1 Å². The Morgan fingerprint density at radius 3 is 2.65 bits per heavy atom. The standard InChI is InChI=1S/C25H40N6O3/c1-3-4-6-13-29(2)22(32)10-9-16-34-20-11-12-21-19(17-20)18-31(25(27)28-21)24(23(26)33)30-14-7-5-8-15-30/h11-12,17,24H,3-10,13-16,18H2,1-2H3,(H2,26,33)(H2,27,28). The Morgan fingerprint density at radius 2 is 1.94 bits per heavy atom. The number of likely N-dealkylation sites (tertiary alicyclic amines) is 1. The highest BCUT2D eigenvalue weighted by Gasteiger charge is 2.34. The molecule has 0 bridgehead atoms. The summed E-state index contributed by atoms with van der Waals surface area (Å²) in [7, 11) is 1.86. The van der Waals surface area contributed by atoms with Gasteiger partial charge in [-0.25, -0.2) is 4.99 Å². The molecule has 1 aromatic rings. The van der Waals surface area contributed by atoms with E-state index in [1.807, 2.05) is 30.1 Å². The van der Waals surface area contributed by atoms with E-state index in [1.54, 1.807) is 4.90 Å². The van der Waals surface area contributed by atoms with Gasteiger partial charge in [0.1, 0.15) is 5.75 Å². The number of ether oxygens (including phenoxy) is 1. The number of nitrogens with two attached hydrogens (primary N) is 2. The average molecular weight is 473 g/mol. The summed E-state index contributed by atoms with van der Waals surface area (Å²) in [5.41, 5.74) is 13.7. The lowest BCUT2D eigenvalue weighted by molar-refractivity contribution is -0.130. The van der Waals surface area contributed by atoms with Gasteiger partial charge >= 0.3 is 0 Å². The molecule has 0 radical (unpaired) electrons. The van der Waals surface area contributed by atoms with Gasteiger partial charge in [-0.2, -0.15) is 0 Å². The van der Waals surface area contributed by atoms with Crippen LogP contribution in [0.5, 0.6) is 5.75 Å². The van der Waals surface area contributed by atoms with Gasteiger partial charge in [-0.05, 0) is 43.9 Å². The second-order valence-electron chi connectivity index (χ2n) is 9.24. The summed E-state index contributed by atoms with van der Waals surface area (Å²) < 4.78 is 5.92. The van der Waals surface area contributed by atoms with Crippen LogP contribution in [0.4, 0.5) is 5.69 Å². The number of unbranched alkanes of at least 4 members (excludes halogenated alkanes) is 2. The number of primary amides is 1. The first kappa shape index (κ1) is 25.8. The van der Waals surface area contributed by atoms with Gasteiger partial charge in [0.15, 0.2) is 12.1 Å². The lowest BCUT2D eigenvalue weighted by Crippen LogP contribution is -2.60. The van der Waals surface area contributed by atoms with Gasteiger partial charge < -0.3 is 26.0 Å². The van der Waals surface area contributed by atoms with Crippen molar-refractivity contribution in [3.8, 4) is 5.75 Å². The molecule has 34 heavy (non-hydrogen) atoms. The number of hydrogen-bond donors (Lipinski definition) is 2. The van der Waals surface area contributed by atoms with Crippen LogP contribution >= 0.6 is 0 Å². The van der Waals surface area contributed by atoms with E-state index in [2.05, 4.69) is 16.8 Å². The first-order valence-electron chi connectivity index (χ1n) is 12.5. The number of carbonyl (C=O) groups is 2. The van der Waals surface area contributed by atoms with E-state index in [4.69, 9.17) is 16.2 Å². The van der Waals surface area contributed by atoms with Crippen molar-refractivity contribution >= 4 is 23.5 Å². The van der Waals surface area contributed by atoms with Crippen molar-refractivity contribution in [3.63, 3.8) is 0 Å². The molecule has 2 amide bonds. The monoisotopic (exact) mass is 472 g/mol. The number of fused-ring (bicyclic) bond motifs is 1. The van der Waals surface area contributed by atoms with Gasteiger partial charge in [0.25, 0.3) is 5.91 Å². The molecule has 1 saturated heterocycles. The maximum Gasteiger partial charge on any atom is 0.255 e. The second kappa shape index (κ2) is 12.6. The predicted octanol–water partition coefficient (Wildman–Crippen LogP) is 2.55. The van der Waals surface area contributed by atoms with Crippen molar-refractivity contribution in [1.82, 2.24) is 14.7 Å². The van der Waals surface area contributed by atoms with Gasteiger partial charge in [0, 0.05) is 38.7 Å². The van der Waals surface area contributed by atoms with Crippen molar-refractivity contribution in [2.45, 2.75) is 71.0 Å². The van der Waals surface area contributed by atoms with E-state index in [9.17, 15) is 9.59 Å². The molecular formula is C25H40N6O3. The maximum atomic E-state index is 12.3. The van der Waals surface area contributed by atoms with Crippen LogP contribution in [0.3, 0.4) is 0 Å². The number of piperidine rings is 1. The largest absolute Gasteiger partial charge is 0.494 e. The van der Waals surface area contributed by atoms with E-state index in [-0.39, 0.29) is 5.91 Å². The number of hydrogen-bond acceptors (Lipinski definition) is 7. The summed E-state index contributed by atoms with van der Waals surface area (Å²) in [6, 6.07) is 5.67. The normalized spacial score (nSPS) is 17.0. The fourth-order valence-corrected chi connectivity index (χ4v) is 4.57. The Kier molecular flexibility index (Phi) is 9.56. The third kappa shape index (κ3) is 6.85. The van der Waals surface area contributed by atoms with Crippen LogP contribution in [-0.4, -0.2) is 71.9 Å². The number of benzene rings is 1. The Balaban J connectivity index is 1.56. The fraction of sp³-hybridized carbons (Fsp3) is 0.640. The van der Waals surface area contributed by atoms with Crippen molar-refractivity contribution in [2.75, 3.05) is 33.3 Å². The molecule has 1 aromatic carbocycles. The first-order valence-corrected chi connectivity index (χ1v) is 12.5. The molecule has 1 unspecified atom stereocenters. The summed E-state index contributed by atoms with van der Waals surface area (Å²) in [5, 5.41) is 0. The minimum atomic E-state index is -0.609. The topological polar surface area (TPSA) is 117 Å². The number of carbonyl (C=O) groups excluding carboxylic acids is 2. The molecule has 0 spiro atoms. The number of rotatable bonds is 12. The molecule has 3 rings (SSSR count). The zero-order valence-corrected chi connectivity index (χ0v) is 20.7. The van der Waals surface area contributed by atoms with Crippen molar-refractivity contribution in [3.05, 3.63) is 23.8 Å². The number of guanidine groups is 1. The van der Waals surface area contributed by atoms with Crippen LogP contribution in [0.2, 0.25) is 0 Å². The summed E-state index contributed by atoms with van der Waals surface area (Å²) >= 11 is 0. The summed E-state index contributed by atoms with van der Waals surface area (Å²) in [6.45, 7) is 5.50. The highest BCUT2D eigenvalue weighted by molar-refractivity contribution is 5.89. The lowest BCUT2D eigenvalue weighted by atomic mass is 10.1. The molecule has 0 saturated carbocycles. The highest BCUT2D eigenvalue weighted by atomic mass is 16.5. The first-order chi connectivity index (χ1) is 16.4. The van der Waals surface area contributed by atoms with Gasteiger partial charge in [0.05, 0.1) is 18.8 Å². The Morgan fingerprint density at radius 1 is 1.18 bits per heavy atom. The van der Waals surface area contributed by atoms with E-state index in [1.165, 1.54) is 0 Å². The van der Waals surface area contributed by atoms with Crippen LogP contribution in [0, 0.1) is 0 Å². The van der Waals surface area contributed by atoms with E-state index >= 15 is 0 Å². The minimum Gasteiger partial charge on any atom is -0.494 e. The predicted molar refractivity (Wildman–Crippen MR) is 134 cm³/mol. The average Bonchev–Trinajstić information content (AvgIpc) is 2.83. The molecular weight excluding hydrogens is 432 g/mol. The highest BCUT2D eigenvalue weighted by Crippen LogP contribution is 2.31. The molecule has 1 atom stereocenters. The summed E-state index contributed by atoms with van der Waals surface area (Å²) in [4.78, 5) is 34.8. The van der Waals surface area contributed by atoms with Gasteiger partial charge in [0.2, 0.25) is 5.91 Å². The molecule has 9 nitrogen and oxygen atoms in total. The summed E-state index contributed by atoms with van der Waals surface area (Å²) in [5.74, 6) is 0.755. The zero-order chi connectivity index (χ0) is 24.5. The minimum absolute atomic E-state index is 0.154. The number of aliphatic imine (C=N–C) groups is 1. The SMILES string of the molecule is CCCCCN(C)C(=O)CCCOc1ccc2c(c1)CN(C(C(N)=O)N1CCCCC1)C(N)=N2. The molecule has 9 heteroatoms.